The van der Waals surface area contributed by atoms with Gasteiger partial charge in [0.1, 0.15) is 0 Å². The van der Waals surface area contributed by atoms with E-state index in [2.05, 4.69) is 98.6 Å². The second kappa shape index (κ2) is 9.11. The van der Waals surface area contributed by atoms with Crippen LogP contribution < -0.4 is 0 Å². The van der Waals surface area contributed by atoms with Gasteiger partial charge in [0.05, 0.1) is 16.7 Å². The first kappa shape index (κ1) is 21.8. The molecule has 27 heavy (non-hydrogen) atoms. The Morgan fingerprint density at radius 2 is 1.63 bits per heavy atom. The molecular weight excluding hydrogens is 447 g/mol. The molecule has 0 N–H and O–H groups in total. The Labute approximate surface area is 180 Å². The van der Waals surface area contributed by atoms with Gasteiger partial charge in [0.2, 0.25) is 5.78 Å². The van der Waals surface area contributed by atoms with E-state index in [1.54, 1.807) is 0 Å². The van der Waals surface area contributed by atoms with Crippen molar-refractivity contribution in [2.24, 2.45) is 0 Å². The first-order valence-electron chi connectivity index (χ1n) is 8.50. The molecule has 0 saturated carbocycles. The molecular formula is C20H23BrCl2N4. The van der Waals surface area contributed by atoms with E-state index < -0.39 is 0 Å². The highest BCUT2D eigenvalue weighted by molar-refractivity contribution is 9.10. The SMILES string of the molecule is CN(C)CCCn1c2ccccc2n2cc(-c3ccc(Br)cc3)nc12.Cl.Cl. The van der Waals surface area contributed by atoms with E-state index in [9.17, 15) is 0 Å². The summed E-state index contributed by atoms with van der Waals surface area (Å²) in [5, 5.41) is 0. The second-order valence-electron chi connectivity index (χ2n) is 6.60. The highest BCUT2D eigenvalue weighted by Gasteiger charge is 2.14. The summed E-state index contributed by atoms with van der Waals surface area (Å²) in [4.78, 5) is 7.17. The fourth-order valence-corrected chi connectivity index (χ4v) is 3.53. The summed E-state index contributed by atoms with van der Waals surface area (Å²) in [5.74, 6) is 1.01. The Morgan fingerprint density at radius 3 is 2.30 bits per heavy atom. The summed E-state index contributed by atoms with van der Waals surface area (Å²) >= 11 is 3.50. The number of aryl methyl sites for hydroxylation is 1. The predicted molar refractivity (Wildman–Crippen MR) is 121 cm³/mol. The van der Waals surface area contributed by atoms with Gasteiger partial charge in [-0.1, -0.05) is 40.2 Å². The van der Waals surface area contributed by atoms with Crippen LogP contribution >= 0.6 is 40.7 Å². The average Bonchev–Trinajstić information content (AvgIpc) is 3.14. The number of hydrogen-bond acceptors (Lipinski definition) is 2. The molecule has 4 rings (SSSR count). The van der Waals surface area contributed by atoms with Crippen LogP contribution in [-0.4, -0.2) is 39.5 Å². The first-order chi connectivity index (χ1) is 12.1. The number of aromatic nitrogens is 3. The van der Waals surface area contributed by atoms with Gasteiger partial charge in [-0.15, -0.1) is 24.8 Å². The Balaban J connectivity index is 0.00000131. The van der Waals surface area contributed by atoms with Crippen LogP contribution in [-0.2, 0) is 6.54 Å². The minimum absolute atomic E-state index is 0. The smallest absolute Gasteiger partial charge is 0.215 e. The van der Waals surface area contributed by atoms with Gasteiger partial charge in [0.15, 0.2) is 0 Å². The number of benzene rings is 2. The molecule has 4 nitrogen and oxygen atoms in total. The molecule has 4 aromatic rings. The summed E-state index contributed by atoms with van der Waals surface area (Å²) < 4.78 is 5.63. The van der Waals surface area contributed by atoms with Crippen molar-refractivity contribution in [2.45, 2.75) is 13.0 Å². The average molecular weight is 470 g/mol. The van der Waals surface area contributed by atoms with Crippen molar-refractivity contribution in [2.75, 3.05) is 20.6 Å². The zero-order chi connectivity index (χ0) is 17.4. The fourth-order valence-electron chi connectivity index (χ4n) is 3.27. The van der Waals surface area contributed by atoms with Gasteiger partial charge in [-0.25, -0.2) is 4.98 Å². The molecule has 0 fully saturated rings. The first-order valence-corrected chi connectivity index (χ1v) is 9.30. The molecule has 0 atom stereocenters. The number of imidazole rings is 2. The third kappa shape index (κ3) is 4.32. The summed E-state index contributed by atoms with van der Waals surface area (Å²) in [5.41, 5.74) is 4.59. The Bertz CT molecular complexity index is 1020. The Kier molecular flexibility index (Phi) is 7.34. The van der Waals surface area contributed by atoms with Crippen molar-refractivity contribution >= 4 is 57.6 Å². The summed E-state index contributed by atoms with van der Waals surface area (Å²) in [6.07, 6.45) is 3.24. The highest BCUT2D eigenvalue weighted by Crippen LogP contribution is 2.26. The normalized spacial score (nSPS) is 11.0. The molecule has 7 heteroatoms. The van der Waals surface area contributed by atoms with Crippen LogP contribution in [0.2, 0.25) is 0 Å². The second-order valence-corrected chi connectivity index (χ2v) is 7.52. The van der Waals surface area contributed by atoms with E-state index >= 15 is 0 Å². The Morgan fingerprint density at radius 1 is 0.963 bits per heavy atom. The van der Waals surface area contributed by atoms with Crippen LogP contribution in [0.3, 0.4) is 0 Å². The van der Waals surface area contributed by atoms with Crippen molar-refractivity contribution in [3.8, 4) is 11.3 Å². The fraction of sp³-hybridized carbons (Fsp3) is 0.250. The van der Waals surface area contributed by atoms with Crippen LogP contribution in [0.25, 0.3) is 28.1 Å². The molecule has 2 aromatic carbocycles. The number of fused-ring (bicyclic) bond motifs is 3. The Hall–Kier alpha value is -1.53. The van der Waals surface area contributed by atoms with Crippen LogP contribution in [0.1, 0.15) is 6.42 Å². The van der Waals surface area contributed by atoms with E-state index in [-0.39, 0.29) is 24.8 Å². The van der Waals surface area contributed by atoms with Crippen LogP contribution in [0.15, 0.2) is 59.2 Å². The lowest BCUT2D eigenvalue weighted by atomic mass is 10.2. The van der Waals surface area contributed by atoms with E-state index in [1.165, 1.54) is 11.0 Å². The van der Waals surface area contributed by atoms with E-state index in [4.69, 9.17) is 4.98 Å². The molecule has 0 unspecified atom stereocenters. The molecule has 0 aliphatic heterocycles. The summed E-state index contributed by atoms with van der Waals surface area (Å²) in [6, 6.07) is 16.8. The minimum atomic E-state index is 0. The van der Waals surface area contributed by atoms with E-state index in [1.807, 2.05) is 0 Å². The van der Waals surface area contributed by atoms with E-state index in [0.29, 0.717) is 0 Å². The van der Waals surface area contributed by atoms with Crippen molar-refractivity contribution in [1.29, 1.82) is 0 Å². The molecule has 0 aliphatic rings. The summed E-state index contributed by atoms with van der Waals surface area (Å²) in [6.45, 7) is 2.03. The van der Waals surface area contributed by atoms with Crippen molar-refractivity contribution < 1.29 is 0 Å². The lowest BCUT2D eigenvalue weighted by molar-refractivity contribution is 0.389. The lowest BCUT2D eigenvalue weighted by Crippen LogP contribution is -2.15. The highest BCUT2D eigenvalue weighted by atomic mass is 79.9. The van der Waals surface area contributed by atoms with E-state index in [0.717, 1.165) is 41.0 Å². The topological polar surface area (TPSA) is 25.5 Å². The maximum atomic E-state index is 4.94. The number of para-hydroxylation sites is 2. The third-order valence-electron chi connectivity index (χ3n) is 4.49. The summed E-state index contributed by atoms with van der Waals surface area (Å²) in [7, 11) is 4.23. The molecule has 2 aromatic heterocycles. The maximum Gasteiger partial charge on any atom is 0.215 e. The van der Waals surface area contributed by atoms with Gasteiger partial charge < -0.3 is 9.47 Å². The van der Waals surface area contributed by atoms with Gasteiger partial charge in [-0.05, 0) is 51.3 Å². The minimum Gasteiger partial charge on any atom is -0.310 e. The zero-order valence-corrected chi connectivity index (χ0v) is 18.5. The van der Waals surface area contributed by atoms with Gasteiger partial charge in [0.25, 0.3) is 0 Å². The van der Waals surface area contributed by atoms with Gasteiger partial charge in [-0.2, -0.15) is 0 Å². The monoisotopic (exact) mass is 468 g/mol. The number of halogens is 3. The molecule has 0 radical (unpaired) electrons. The van der Waals surface area contributed by atoms with Gasteiger partial charge >= 0.3 is 0 Å². The number of nitrogens with zero attached hydrogens (tertiary/aromatic N) is 4. The van der Waals surface area contributed by atoms with Crippen LogP contribution in [0.4, 0.5) is 0 Å². The van der Waals surface area contributed by atoms with Crippen molar-refractivity contribution in [1.82, 2.24) is 18.9 Å². The third-order valence-corrected chi connectivity index (χ3v) is 5.02. The van der Waals surface area contributed by atoms with Crippen molar-refractivity contribution in [3.05, 3.63) is 59.2 Å². The maximum absolute atomic E-state index is 4.94. The lowest BCUT2D eigenvalue weighted by Gasteiger charge is -2.10. The quantitative estimate of drug-likeness (QED) is 0.384. The number of hydrogen-bond donors (Lipinski definition) is 0. The molecule has 0 aliphatic carbocycles. The molecule has 0 saturated heterocycles. The largest absolute Gasteiger partial charge is 0.310 e. The van der Waals surface area contributed by atoms with Crippen LogP contribution in [0, 0.1) is 0 Å². The van der Waals surface area contributed by atoms with Crippen molar-refractivity contribution in [3.63, 3.8) is 0 Å². The predicted octanol–water partition coefficient (Wildman–Crippen LogP) is 5.51. The molecule has 0 amide bonds. The van der Waals surface area contributed by atoms with Crippen LogP contribution in [0.5, 0.6) is 0 Å². The van der Waals surface area contributed by atoms with Gasteiger partial charge in [-0.3, -0.25) is 4.40 Å². The molecule has 0 bridgehead atoms. The number of rotatable bonds is 5. The standard InChI is InChI=1S/C20H21BrN4.2ClH/c1-23(2)12-5-13-24-18-6-3-4-7-19(18)25-14-17(22-20(24)25)15-8-10-16(21)11-9-15;;/h3-4,6-11,14H,5,12-13H2,1-2H3;2*1H. The zero-order valence-electron chi connectivity index (χ0n) is 15.3. The molecule has 2 heterocycles. The molecule has 144 valence electrons. The molecule has 0 spiro atoms. The van der Waals surface area contributed by atoms with Gasteiger partial charge in [0, 0.05) is 22.8 Å².